The Morgan fingerprint density at radius 3 is 2.75 bits per heavy atom. The highest BCUT2D eigenvalue weighted by Crippen LogP contribution is 1.93. The summed E-state index contributed by atoms with van der Waals surface area (Å²) in [6, 6.07) is -0.000000000000000222. The van der Waals surface area contributed by atoms with Crippen molar-refractivity contribution in [2.24, 2.45) is 0 Å². The summed E-state index contributed by atoms with van der Waals surface area (Å²) in [5, 5.41) is 12.4. The molecule has 0 saturated heterocycles. The van der Waals surface area contributed by atoms with E-state index >= 15 is 0 Å². The summed E-state index contributed by atoms with van der Waals surface area (Å²) in [6.45, 7) is 0.112. The average Bonchev–Trinajstić information content (AvgIpc) is 1.90. The van der Waals surface area contributed by atoms with Crippen LogP contribution < -0.4 is 5.32 Å². The van der Waals surface area contributed by atoms with E-state index in [1.807, 2.05) is 18.2 Å². The van der Waals surface area contributed by atoms with Crippen LogP contribution in [0, 0.1) is 0 Å². The molecule has 1 rings (SSSR count). The first kappa shape index (κ1) is 5.38. The maximum absolute atomic E-state index is 8.51. The molecule has 43 valence electrons. The molecule has 0 aliphatic carbocycles. The molecule has 1 aliphatic heterocycles. The lowest BCUT2D eigenvalue weighted by Crippen LogP contribution is -2.20. The number of hydrogen-bond acceptors (Lipinski definition) is 1. The minimum atomic E-state index is -0.000000000000000222. The highest BCUT2D eigenvalue weighted by molar-refractivity contribution is 5.11. The maximum Gasteiger partial charge on any atom is 0.0913 e. The number of rotatable bonds is 1. The molecule has 1 atom stereocenters. The molecule has 8 heavy (non-hydrogen) atoms. The molecule has 0 saturated carbocycles. The third-order valence-corrected chi connectivity index (χ3v) is 0.995. The molecular formula is C6H8NO. The van der Waals surface area contributed by atoms with E-state index in [4.69, 9.17) is 5.11 Å². The Morgan fingerprint density at radius 1 is 1.50 bits per heavy atom. The SMILES string of the molecule is OCC1C=CC=C[N]1. The molecule has 1 aliphatic rings. The average molecular weight is 110 g/mol. The highest BCUT2D eigenvalue weighted by Gasteiger charge is 2.00. The molecule has 1 unspecified atom stereocenters. The molecule has 0 aromatic rings. The van der Waals surface area contributed by atoms with Crippen molar-refractivity contribution in [3.8, 4) is 0 Å². The van der Waals surface area contributed by atoms with Crippen LogP contribution in [0.4, 0.5) is 0 Å². The Balaban J connectivity index is 2.40. The fourth-order valence-electron chi connectivity index (χ4n) is 0.560. The third kappa shape index (κ3) is 1.10. The second-order valence-electron chi connectivity index (χ2n) is 1.63. The minimum Gasteiger partial charge on any atom is -0.394 e. The number of aliphatic hydroxyl groups excluding tert-OH is 1. The van der Waals surface area contributed by atoms with E-state index in [0.29, 0.717) is 0 Å². The van der Waals surface area contributed by atoms with E-state index in [1.54, 1.807) is 6.20 Å². The summed E-state index contributed by atoms with van der Waals surface area (Å²) in [7, 11) is 0. The van der Waals surface area contributed by atoms with Crippen molar-refractivity contribution in [3.05, 3.63) is 24.4 Å². The second kappa shape index (κ2) is 2.52. The van der Waals surface area contributed by atoms with Gasteiger partial charge in [-0.25, -0.2) is 0 Å². The lowest BCUT2D eigenvalue weighted by atomic mass is 10.2. The van der Waals surface area contributed by atoms with Crippen molar-refractivity contribution >= 4 is 0 Å². The molecule has 1 heterocycles. The molecule has 0 aromatic heterocycles. The molecule has 2 heteroatoms. The monoisotopic (exact) mass is 110 g/mol. The van der Waals surface area contributed by atoms with E-state index in [1.165, 1.54) is 0 Å². The van der Waals surface area contributed by atoms with Crippen LogP contribution in [0.1, 0.15) is 0 Å². The lowest BCUT2D eigenvalue weighted by Gasteiger charge is -2.07. The van der Waals surface area contributed by atoms with Crippen molar-refractivity contribution in [2.75, 3.05) is 6.61 Å². The minimum absolute atomic E-state index is 0.000000000000000222. The Hall–Kier alpha value is -0.760. The molecule has 0 amide bonds. The van der Waals surface area contributed by atoms with Crippen LogP contribution in [0.3, 0.4) is 0 Å². The summed E-state index contributed by atoms with van der Waals surface area (Å²) < 4.78 is 0. The van der Waals surface area contributed by atoms with Crippen molar-refractivity contribution in [1.82, 2.24) is 5.32 Å². The fraction of sp³-hybridized carbons (Fsp3) is 0.333. The van der Waals surface area contributed by atoms with Crippen LogP contribution in [0.5, 0.6) is 0 Å². The first-order valence-corrected chi connectivity index (χ1v) is 2.57. The standard InChI is InChI=1S/C6H8NO/c8-5-6-3-1-2-4-7-6/h1-4,6,8H,5H2. The van der Waals surface area contributed by atoms with E-state index in [9.17, 15) is 0 Å². The molecule has 1 N–H and O–H groups in total. The summed E-state index contributed by atoms with van der Waals surface area (Å²) in [4.78, 5) is 0. The molecule has 0 aromatic carbocycles. The zero-order chi connectivity index (χ0) is 5.82. The van der Waals surface area contributed by atoms with Crippen LogP contribution in [0.25, 0.3) is 0 Å². The number of aliphatic hydroxyl groups is 1. The van der Waals surface area contributed by atoms with E-state index < -0.39 is 0 Å². The normalized spacial score (nSPS) is 25.4. The van der Waals surface area contributed by atoms with Gasteiger partial charge in [0, 0.05) is 6.20 Å². The van der Waals surface area contributed by atoms with Crippen molar-refractivity contribution < 1.29 is 5.11 Å². The van der Waals surface area contributed by atoms with E-state index in [-0.39, 0.29) is 12.6 Å². The van der Waals surface area contributed by atoms with Gasteiger partial charge >= 0.3 is 0 Å². The van der Waals surface area contributed by atoms with Crippen molar-refractivity contribution in [3.63, 3.8) is 0 Å². The molecule has 1 radical (unpaired) electrons. The number of nitrogens with zero attached hydrogens (tertiary/aromatic N) is 1. The number of allylic oxidation sites excluding steroid dienone is 2. The van der Waals surface area contributed by atoms with E-state index in [2.05, 4.69) is 5.32 Å². The number of hydrogen-bond donors (Lipinski definition) is 1. The van der Waals surface area contributed by atoms with Gasteiger partial charge in [0.15, 0.2) is 0 Å². The highest BCUT2D eigenvalue weighted by atomic mass is 16.3. The molecule has 0 spiro atoms. The Labute approximate surface area is 48.5 Å². The van der Waals surface area contributed by atoms with Crippen LogP contribution in [-0.2, 0) is 0 Å². The van der Waals surface area contributed by atoms with Gasteiger partial charge in [0.25, 0.3) is 0 Å². The summed E-state index contributed by atoms with van der Waals surface area (Å²) >= 11 is 0. The van der Waals surface area contributed by atoms with Crippen LogP contribution >= 0.6 is 0 Å². The first-order chi connectivity index (χ1) is 3.93. The summed E-state index contributed by atoms with van der Waals surface area (Å²) in [6.07, 6.45) is 7.28. The van der Waals surface area contributed by atoms with Gasteiger partial charge in [-0.2, -0.15) is 0 Å². The van der Waals surface area contributed by atoms with Gasteiger partial charge in [0.2, 0.25) is 0 Å². The van der Waals surface area contributed by atoms with Crippen molar-refractivity contribution in [1.29, 1.82) is 0 Å². The predicted molar refractivity (Wildman–Crippen MR) is 31.3 cm³/mol. The zero-order valence-electron chi connectivity index (χ0n) is 4.49. The Morgan fingerprint density at radius 2 is 2.38 bits per heavy atom. The third-order valence-electron chi connectivity index (χ3n) is 0.995. The van der Waals surface area contributed by atoms with Gasteiger partial charge in [0.05, 0.1) is 12.6 Å². The quantitative estimate of drug-likeness (QED) is 0.508. The topological polar surface area (TPSA) is 34.3 Å². The van der Waals surface area contributed by atoms with Crippen molar-refractivity contribution in [2.45, 2.75) is 6.04 Å². The fourth-order valence-corrected chi connectivity index (χ4v) is 0.560. The molecule has 0 fully saturated rings. The molecular weight excluding hydrogens is 102 g/mol. The van der Waals surface area contributed by atoms with Gasteiger partial charge in [0.1, 0.15) is 0 Å². The lowest BCUT2D eigenvalue weighted by molar-refractivity contribution is 0.271. The van der Waals surface area contributed by atoms with Crippen LogP contribution in [0.2, 0.25) is 0 Å². The van der Waals surface area contributed by atoms with E-state index in [0.717, 1.165) is 0 Å². The molecule has 0 bridgehead atoms. The van der Waals surface area contributed by atoms with Gasteiger partial charge in [-0.3, -0.25) is 5.32 Å². The molecule has 2 nitrogen and oxygen atoms in total. The maximum atomic E-state index is 8.51. The van der Waals surface area contributed by atoms with Crippen LogP contribution in [0.15, 0.2) is 24.4 Å². The zero-order valence-corrected chi connectivity index (χ0v) is 4.49. The second-order valence-corrected chi connectivity index (χ2v) is 1.63. The van der Waals surface area contributed by atoms with Crippen LogP contribution in [-0.4, -0.2) is 17.8 Å². The van der Waals surface area contributed by atoms with Gasteiger partial charge in [-0.05, 0) is 6.08 Å². The largest absolute Gasteiger partial charge is 0.394 e. The van der Waals surface area contributed by atoms with Gasteiger partial charge in [-0.1, -0.05) is 12.2 Å². The Kier molecular flexibility index (Phi) is 1.70. The summed E-state index contributed by atoms with van der Waals surface area (Å²) in [5.41, 5.74) is 0. The Bertz CT molecular complexity index is 118. The van der Waals surface area contributed by atoms with Gasteiger partial charge < -0.3 is 5.11 Å². The van der Waals surface area contributed by atoms with Gasteiger partial charge in [-0.15, -0.1) is 0 Å². The predicted octanol–water partition coefficient (Wildman–Crippen LogP) is 0.0352. The first-order valence-electron chi connectivity index (χ1n) is 2.57. The summed E-state index contributed by atoms with van der Waals surface area (Å²) in [5.74, 6) is 0. The smallest absolute Gasteiger partial charge is 0.0913 e.